The van der Waals surface area contributed by atoms with Crippen molar-refractivity contribution in [2.75, 3.05) is 19.8 Å². The van der Waals surface area contributed by atoms with Crippen LogP contribution in [0.25, 0.3) is 0 Å². The maximum absolute atomic E-state index is 5.26. The Balaban J connectivity index is 3.69. The van der Waals surface area contributed by atoms with Gasteiger partial charge in [-0.1, -0.05) is 0 Å². The molecule has 0 aliphatic rings. The van der Waals surface area contributed by atoms with Gasteiger partial charge in [0.25, 0.3) is 0 Å². The Morgan fingerprint density at radius 3 is 2.45 bits per heavy atom. The lowest BCUT2D eigenvalue weighted by atomic mass is 10.3. The zero-order valence-electron chi connectivity index (χ0n) is 7.61. The Kier molecular flexibility index (Phi) is 5.86. The van der Waals surface area contributed by atoms with Gasteiger partial charge in [-0.2, -0.15) is 0 Å². The van der Waals surface area contributed by atoms with Gasteiger partial charge in [0.15, 0.2) is 0 Å². The summed E-state index contributed by atoms with van der Waals surface area (Å²) in [5.74, 6) is 0. The van der Waals surface area contributed by atoms with Gasteiger partial charge < -0.3 is 10.5 Å². The highest BCUT2D eigenvalue weighted by molar-refractivity contribution is 5.03. The summed E-state index contributed by atoms with van der Waals surface area (Å²) < 4.78 is 5.21. The van der Waals surface area contributed by atoms with E-state index in [1.165, 1.54) is 5.57 Å². The second kappa shape index (κ2) is 6.17. The van der Waals surface area contributed by atoms with Crippen LogP contribution in [0.4, 0.5) is 0 Å². The van der Waals surface area contributed by atoms with Crippen molar-refractivity contribution >= 4 is 0 Å². The normalized spacial score (nSPS) is 9.09. The highest BCUT2D eigenvalue weighted by Gasteiger charge is 1.87. The van der Waals surface area contributed by atoms with Crippen LogP contribution in [0.2, 0.25) is 0 Å². The lowest BCUT2D eigenvalue weighted by Crippen LogP contribution is -2.09. The lowest BCUT2D eigenvalue weighted by Gasteiger charge is -1.99. The maximum Gasteiger partial charge on any atom is 0.0748 e. The molecule has 0 rings (SSSR count). The summed E-state index contributed by atoms with van der Waals surface area (Å²) in [6.07, 6.45) is 0. The molecule has 0 radical (unpaired) electrons. The molecular formula is C9H17NO. The Bertz CT molecular complexity index is 162. The zero-order valence-corrected chi connectivity index (χ0v) is 7.61. The SMILES string of the molecule is CC(C)=C=C(C)COCCN. The molecule has 0 saturated carbocycles. The molecule has 0 unspecified atom stereocenters. The molecule has 0 aromatic rings. The number of nitrogens with two attached hydrogens (primary N) is 1. The molecule has 0 aromatic heterocycles. The fraction of sp³-hybridized carbons (Fsp3) is 0.667. The third-order valence-electron chi connectivity index (χ3n) is 1.04. The molecule has 0 atom stereocenters. The first-order valence-corrected chi connectivity index (χ1v) is 3.84. The summed E-state index contributed by atoms with van der Waals surface area (Å²) in [4.78, 5) is 0. The predicted molar refractivity (Wildman–Crippen MR) is 47.4 cm³/mol. The zero-order chi connectivity index (χ0) is 8.69. The molecule has 0 amide bonds. The van der Waals surface area contributed by atoms with Crippen LogP contribution in [0.15, 0.2) is 16.9 Å². The van der Waals surface area contributed by atoms with E-state index in [1.807, 2.05) is 20.8 Å². The van der Waals surface area contributed by atoms with Crippen molar-refractivity contribution in [2.45, 2.75) is 20.8 Å². The van der Waals surface area contributed by atoms with Crippen LogP contribution in [0.3, 0.4) is 0 Å². The largest absolute Gasteiger partial charge is 0.375 e. The second-order valence-electron chi connectivity index (χ2n) is 2.75. The molecule has 0 aliphatic carbocycles. The molecular weight excluding hydrogens is 138 g/mol. The van der Waals surface area contributed by atoms with Gasteiger partial charge in [0.05, 0.1) is 13.2 Å². The smallest absolute Gasteiger partial charge is 0.0748 e. The van der Waals surface area contributed by atoms with Crippen molar-refractivity contribution in [2.24, 2.45) is 5.73 Å². The van der Waals surface area contributed by atoms with Gasteiger partial charge in [0.2, 0.25) is 0 Å². The minimum absolute atomic E-state index is 0.585. The van der Waals surface area contributed by atoms with Crippen LogP contribution in [-0.2, 0) is 4.74 Å². The Hall–Kier alpha value is -0.560. The molecule has 64 valence electrons. The summed E-state index contributed by atoms with van der Waals surface area (Å²) in [7, 11) is 0. The predicted octanol–water partition coefficient (Wildman–Crippen LogP) is 1.47. The van der Waals surface area contributed by atoms with Gasteiger partial charge in [-0.25, -0.2) is 0 Å². The van der Waals surface area contributed by atoms with Gasteiger partial charge in [0, 0.05) is 6.54 Å². The summed E-state index contributed by atoms with van der Waals surface area (Å²) in [6, 6.07) is 0. The fourth-order valence-corrected chi connectivity index (χ4v) is 0.771. The Labute approximate surface area is 68.7 Å². The van der Waals surface area contributed by atoms with Crippen molar-refractivity contribution in [1.82, 2.24) is 0 Å². The highest BCUT2D eigenvalue weighted by atomic mass is 16.5. The standard InChI is InChI=1S/C9H17NO/c1-8(2)6-9(3)7-11-5-4-10/h4-5,7,10H2,1-3H3. The molecule has 0 heterocycles. The summed E-state index contributed by atoms with van der Waals surface area (Å²) in [5, 5.41) is 0. The monoisotopic (exact) mass is 155 g/mol. The van der Waals surface area contributed by atoms with Crippen LogP contribution in [-0.4, -0.2) is 19.8 Å². The van der Waals surface area contributed by atoms with E-state index in [1.54, 1.807) is 0 Å². The van der Waals surface area contributed by atoms with Gasteiger partial charge >= 0.3 is 0 Å². The maximum atomic E-state index is 5.26. The average Bonchev–Trinajstić information content (AvgIpc) is 1.86. The topological polar surface area (TPSA) is 35.2 Å². The van der Waals surface area contributed by atoms with Gasteiger partial charge in [0.1, 0.15) is 0 Å². The van der Waals surface area contributed by atoms with Crippen molar-refractivity contribution in [1.29, 1.82) is 0 Å². The highest BCUT2D eigenvalue weighted by Crippen LogP contribution is 1.93. The molecule has 0 aliphatic heterocycles. The van der Waals surface area contributed by atoms with Crippen molar-refractivity contribution in [3.05, 3.63) is 16.9 Å². The minimum Gasteiger partial charge on any atom is -0.375 e. The quantitative estimate of drug-likeness (QED) is 0.493. The summed E-state index contributed by atoms with van der Waals surface area (Å²) in [6.45, 7) is 7.90. The summed E-state index contributed by atoms with van der Waals surface area (Å²) >= 11 is 0. The van der Waals surface area contributed by atoms with Crippen LogP contribution in [0.1, 0.15) is 20.8 Å². The molecule has 0 bridgehead atoms. The van der Waals surface area contributed by atoms with Crippen LogP contribution >= 0.6 is 0 Å². The molecule has 2 N–H and O–H groups in total. The Morgan fingerprint density at radius 1 is 1.36 bits per heavy atom. The first kappa shape index (κ1) is 10.4. The van der Waals surface area contributed by atoms with E-state index < -0.39 is 0 Å². The third-order valence-corrected chi connectivity index (χ3v) is 1.04. The average molecular weight is 155 g/mol. The number of hydrogen-bond acceptors (Lipinski definition) is 2. The van der Waals surface area contributed by atoms with Gasteiger partial charge in [-0.3, -0.25) is 0 Å². The van der Waals surface area contributed by atoms with E-state index >= 15 is 0 Å². The summed E-state index contributed by atoms with van der Waals surface area (Å²) in [5.41, 5.74) is 10.7. The molecule has 2 heteroatoms. The van der Waals surface area contributed by atoms with E-state index in [0.717, 1.165) is 5.57 Å². The third kappa shape index (κ3) is 7.34. The van der Waals surface area contributed by atoms with Crippen LogP contribution in [0, 0.1) is 0 Å². The molecule has 0 fully saturated rings. The van der Waals surface area contributed by atoms with E-state index in [4.69, 9.17) is 10.5 Å². The van der Waals surface area contributed by atoms with E-state index in [0.29, 0.717) is 19.8 Å². The van der Waals surface area contributed by atoms with Gasteiger partial charge in [-0.15, -0.1) is 5.73 Å². The van der Waals surface area contributed by atoms with E-state index in [2.05, 4.69) is 5.73 Å². The second-order valence-corrected chi connectivity index (χ2v) is 2.75. The van der Waals surface area contributed by atoms with Crippen LogP contribution < -0.4 is 5.73 Å². The fourth-order valence-electron chi connectivity index (χ4n) is 0.771. The molecule has 0 aromatic carbocycles. The van der Waals surface area contributed by atoms with Gasteiger partial charge in [-0.05, 0) is 31.9 Å². The lowest BCUT2D eigenvalue weighted by molar-refractivity contribution is 0.164. The van der Waals surface area contributed by atoms with Crippen LogP contribution in [0.5, 0.6) is 0 Å². The first-order chi connectivity index (χ1) is 5.16. The number of ether oxygens (including phenoxy) is 1. The minimum atomic E-state index is 0.585. The molecule has 11 heavy (non-hydrogen) atoms. The van der Waals surface area contributed by atoms with Crippen molar-refractivity contribution in [3.8, 4) is 0 Å². The Morgan fingerprint density at radius 2 is 2.00 bits per heavy atom. The first-order valence-electron chi connectivity index (χ1n) is 3.84. The van der Waals surface area contributed by atoms with E-state index in [-0.39, 0.29) is 0 Å². The molecule has 0 saturated heterocycles. The number of rotatable bonds is 4. The number of hydrogen-bond donors (Lipinski definition) is 1. The molecule has 2 nitrogen and oxygen atoms in total. The van der Waals surface area contributed by atoms with E-state index in [9.17, 15) is 0 Å². The molecule has 0 spiro atoms. The van der Waals surface area contributed by atoms with Crippen molar-refractivity contribution < 1.29 is 4.74 Å². The van der Waals surface area contributed by atoms with Crippen molar-refractivity contribution in [3.63, 3.8) is 0 Å².